The first-order valence-corrected chi connectivity index (χ1v) is 6.35. The Morgan fingerprint density at radius 2 is 1.67 bits per heavy atom. The lowest BCUT2D eigenvalue weighted by molar-refractivity contribution is 1.14. The van der Waals surface area contributed by atoms with Crippen molar-refractivity contribution < 1.29 is 0 Å². The number of hydrogen-bond acceptors (Lipinski definition) is 2. The molecule has 4 heteroatoms. The third-order valence-corrected chi connectivity index (χ3v) is 3.50. The number of hydrogen-bond donors (Lipinski definition) is 0. The number of rotatable bonds is 1. The molecule has 0 unspecified atom stereocenters. The zero-order valence-corrected chi connectivity index (χ0v) is 11.4. The van der Waals surface area contributed by atoms with Crippen LogP contribution < -0.4 is 0 Å². The maximum absolute atomic E-state index is 9.11. The predicted molar refractivity (Wildman–Crippen MR) is 78.7 cm³/mol. The maximum Gasteiger partial charge on any atom is 0.265 e. The summed E-state index contributed by atoms with van der Waals surface area (Å²) >= 11 is 0. The van der Waals surface area contributed by atoms with Crippen LogP contribution in [0.25, 0.3) is 20.8 Å². The van der Waals surface area contributed by atoms with Crippen molar-refractivity contribution in [3.8, 4) is 12.1 Å². The molecule has 0 heterocycles. The van der Waals surface area contributed by atoms with Crippen molar-refractivity contribution in [2.45, 2.75) is 19.8 Å². The van der Waals surface area contributed by atoms with Crippen molar-refractivity contribution in [3.05, 3.63) is 69.1 Å². The number of allylic oxidation sites excluding steroid dienone is 4. The van der Waals surface area contributed by atoms with Crippen LogP contribution in [0.5, 0.6) is 0 Å². The van der Waals surface area contributed by atoms with Gasteiger partial charge in [0, 0.05) is 0 Å². The summed E-state index contributed by atoms with van der Waals surface area (Å²) in [5, 5.41) is 18.2. The van der Waals surface area contributed by atoms with Crippen LogP contribution >= 0.6 is 0 Å². The molecule has 98 valence electrons. The summed E-state index contributed by atoms with van der Waals surface area (Å²) in [6.07, 6.45) is 1.13. The van der Waals surface area contributed by atoms with Crippen LogP contribution in [-0.2, 0) is 6.42 Å². The van der Waals surface area contributed by atoms with E-state index in [4.69, 9.17) is 23.7 Å². The Morgan fingerprint density at radius 1 is 1.10 bits per heavy atom. The van der Waals surface area contributed by atoms with E-state index in [1.54, 1.807) is 0 Å². The summed E-state index contributed by atoms with van der Waals surface area (Å²) < 4.78 is 0. The fourth-order valence-corrected chi connectivity index (χ4v) is 2.43. The second-order valence-electron chi connectivity index (χ2n) is 4.51. The van der Waals surface area contributed by atoms with Gasteiger partial charge in [0.2, 0.25) is 0 Å². The minimum atomic E-state index is 0.0257. The number of nitrogens with zero attached hydrogens (tertiary/aromatic N) is 4. The van der Waals surface area contributed by atoms with Gasteiger partial charge >= 0.3 is 0 Å². The molecule has 1 aromatic carbocycles. The first-order valence-electron chi connectivity index (χ1n) is 6.35. The standard InChI is InChI=1S/C17H10N4/c1-4-11-5-6-12-13(7-11)15(17(10-19)21-3)8-14(12)16(9-18)20-2/h5-7H,4,8H2,1H3. The lowest BCUT2D eigenvalue weighted by Gasteiger charge is -2.04. The van der Waals surface area contributed by atoms with Gasteiger partial charge in [-0.3, -0.25) is 0 Å². The van der Waals surface area contributed by atoms with E-state index in [1.807, 2.05) is 37.3 Å². The third-order valence-electron chi connectivity index (χ3n) is 3.50. The molecular formula is C17H10N4. The normalized spacial score (nSPS) is 16.8. The third kappa shape index (κ3) is 2.28. The Bertz CT molecular complexity index is 811. The summed E-state index contributed by atoms with van der Waals surface area (Å²) in [6.45, 7) is 16.3. The topological polar surface area (TPSA) is 56.3 Å². The molecule has 0 atom stereocenters. The van der Waals surface area contributed by atoms with E-state index < -0.39 is 0 Å². The van der Waals surface area contributed by atoms with Gasteiger partial charge < -0.3 is 0 Å². The van der Waals surface area contributed by atoms with Crippen LogP contribution in [0.1, 0.15) is 30.0 Å². The van der Waals surface area contributed by atoms with E-state index in [-0.39, 0.29) is 11.4 Å². The molecule has 2 rings (SSSR count). The van der Waals surface area contributed by atoms with E-state index in [2.05, 4.69) is 9.69 Å². The highest BCUT2D eigenvalue weighted by atomic mass is 14.7. The van der Waals surface area contributed by atoms with Crippen molar-refractivity contribution in [2.75, 3.05) is 0 Å². The van der Waals surface area contributed by atoms with Crippen LogP contribution in [0.4, 0.5) is 0 Å². The lowest BCUT2D eigenvalue weighted by atomic mass is 10.0. The molecule has 0 spiro atoms. The molecule has 4 nitrogen and oxygen atoms in total. The molecule has 1 aromatic rings. The number of nitriles is 2. The molecular weight excluding hydrogens is 260 g/mol. The fraction of sp³-hybridized carbons (Fsp3) is 0.176. The highest BCUT2D eigenvalue weighted by molar-refractivity contribution is 5.97. The van der Waals surface area contributed by atoms with Gasteiger partial charge in [-0.15, -0.1) is 0 Å². The summed E-state index contributed by atoms with van der Waals surface area (Å²) in [5.41, 5.74) is 3.95. The van der Waals surface area contributed by atoms with Crippen molar-refractivity contribution in [2.24, 2.45) is 0 Å². The molecule has 0 bridgehead atoms. The quantitative estimate of drug-likeness (QED) is 0.573. The van der Waals surface area contributed by atoms with E-state index in [1.165, 1.54) is 0 Å². The van der Waals surface area contributed by atoms with Gasteiger partial charge in [-0.2, -0.15) is 0 Å². The van der Waals surface area contributed by atoms with Crippen molar-refractivity contribution in [3.63, 3.8) is 0 Å². The minimum absolute atomic E-state index is 0.0257. The van der Waals surface area contributed by atoms with Gasteiger partial charge in [0.15, 0.2) is 0 Å². The second kappa shape index (κ2) is 5.75. The van der Waals surface area contributed by atoms with E-state index >= 15 is 0 Å². The smallest absolute Gasteiger partial charge is 0.226 e. The average Bonchev–Trinajstić information content (AvgIpc) is 2.89. The van der Waals surface area contributed by atoms with Crippen LogP contribution in [0.3, 0.4) is 0 Å². The summed E-state index contributed by atoms with van der Waals surface area (Å²) in [5.74, 6) is 0. The van der Waals surface area contributed by atoms with Gasteiger partial charge in [0.05, 0.1) is 25.3 Å². The fourth-order valence-electron chi connectivity index (χ4n) is 2.43. The number of aryl methyl sites for hydroxylation is 1. The molecule has 0 saturated carbocycles. The van der Waals surface area contributed by atoms with Crippen LogP contribution in [-0.4, -0.2) is 0 Å². The molecule has 0 radical (unpaired) electrons. The van der Waals surface area contributed by atoms with E-state index in [0.717, 1.165) is 23.1 Å². The Labute approximate surface area is 123 Å². The van der Waals surface area contributed by atoms with Crippen molar-refractivity contribution >= 4 is 11.1 Å². The van der Waals surface area contributed by atoms with Gasteiger partial charge in [0.25, 0.3) is 11.4 Å². The molecule has 0 amide bonds. The van der Waals surface area contributed by atoms with Crippen LogP contribution in [0, 0.1) is 35.8 Å². The first-order chi connectivity index (χ1) is 10.2. The summed E-state index contributed by atoms with van der Waals surface area (Å²) in [4.78, 5) is 6.53. The average molecular weight is 270 g/mol. The van der Waals surface area contributed by atoms with Crippen LogP contribution in [0.15, 0.2) is 29.6 Å². The zero-order chi connectivity index (χ0) is 15.4. The zero-order valence-electron chi connectivity index (χ0n) is 11.4. The molecule has 1 aliphatic rings. The maximum atomic E-state index is 9.11. The molecule has 0 N–H and O–H groups in total. The molecule has 21 heavy (non-hydrogen) atoms. The summed E-state index contributed by atoms with van der Waals surface area (Å²) in [7, 11) is 0. The number of fused-ring (bicyclic) bond motifs is 1. The van der Waals surface area contributed by atoms with Gasteiger partial charge in [-0.05, 0) is 40.7 Å². The Balaban J connectivity index is 2.84. The minimum Gasteiger partial charge on any atom is -0.226 e. The highest BCUT2D eigenvalue weighted by Crippen LogP contribution is 2.44. The van der Waals surface area contributed by atoms with Gasteiger partial charge in [0.1, 0.15) is 0 Å². The molecule has 0 fully saturated rings. The van der Waals surface area contributed by atoms with E-state index in [0.29, 0.717) is 17.6 Å². The second-order valence-corrected chi connectivity index (χ2v) is 4.51. The largest absolute Gasteiger partial charge is 0.265 e. The Morgan fingerprint density at radius 3 is 2.14 bits per heavy atom. The SMILES string of the molecule is [C-]#[N+]C(C#N)=C1CC(=C(C#N)[N+]#[C-])c2cc(CC)ccc21. The van der Waals surface area contributed by atoms with Gasteiger partial charge in [-0.1, -0.05) is 25.1 Å². The number of benzene rings is 1. The Kier molecular flexibility index (Phi) is 3.85. The van der Waals surface area contributed by atoms with Crippen molar-refractivity contribution in [1.29, 1.82) is 10.5 Å². The van der Waals surface area contributed by atoms with Crippen molar-refractivity contribution in [1.82, 2.24) is 0 Å². The van der Waals surface area contributed by atoms with Gasteiger partial charge in [-0.25, -0.2) is 20.2 Å². The molecule has 0 aromatic heterocycles. The van der Waals surface area contributed by atoms with Crippen LogP contribution in [0.2, 0.25) is 0 Å². The van der Waals surface area contributed by atoms with E-state index in [9.17, 15) is 0 Å². The summed E-state index contributed by atoms with van der Waals surface area (Å²) in [6, 6.07) is 9.58. The lowest BCUT2D eigenvalue weighted by Crippen LogP contribution is -1.88. The monoisotopic (exact) mass is 270 g/mol. The first kappa shape index (κ1) is 14.1. The highest BCUT2D eigenvalue weighted by Gasteiger charge is 2.26. The molecule has 1 aliphatic carbocycles. The Hall–Kier alpha value is -3.34. The predicted octanol–water partition coefficient (Wildman–Crippen LogP) is 3.96. The molecule has 0 saturated heterocycles. The molecule has 0 aliphatic heterocycles.